The summed E-state index contributed by atoms with van der Waals surface area (Å²) in [7, 11) is 0. The predicted molar refractivity (Wildman–Crippen MR) is 73.8 cm³/mol. The molecule has 0 aliphatic rings. The molecule has 2 aromatic carbocycles. The molecule has 0 saturated carbocycles. The second kappa shape index (κ2) is 6.63. The van der Waals surface area contributed by atoms with Crippen molar-refractivity contribution in [3.8, 4) is 0 Å². The molecule has 1 N–H and O–H groups in total. The summed E-state index contributed by atoms with van der Waals surface area (Å²) < 4.78 is 38.8. The molecule has 0 spiro atoms. The average Bonchev–Trinajstić information content (AvgIpc) is 2.46. The van der Waals surface area contributed by atoms with Gasteiger partial charge in [0.15, 0.2) is 17.5 Å². The standard InChI is InChI=1S/C15H11ClF3NO/c16-11-3-1-9(2-4-11)5-6-20-15(21)10-7-12(17)14(19)13(18)8-10/h1-4,7-8H,5-6H2,(H,20,21). The van der Waals surface area contributed by atoms with E-state index in [0.29, 0.717) is 23.6 Å². The number of carbonyl (C=O) groups is 1. The van der Waals surface area contributed by atoms with Crippen molar-refractivity contribution in [2.75, 3.05) is 6.54 Å². The third-order valence-corrected chi connectivity index (χ3v) is 3.11. The lowest BCUT2D eigenvalue weighted by Gasteiger charge is -2.06. The van der Waals surface area contributed by atoms with Gasteiger partial charge in [-0.25, -0.2) is 13.2 Å². The Kier molecular flexibility index (Phi) is 4.85. The Labute approximate surface area is 124 Å². The topological polar surface area (TPSA) is 29.1 Å². The van der Waals surface area contributed by atoms with E-state index < -0.39 is 23.4 Å². The molecule has 2 aromatic rings. The number of amides is 1. The molecule has 21 heavy (non-hydrogen) atoms. The van der Waals surface area contributed by atoms with Gasteiger partial charge in [-0.2, -0.15) is 0 Å². The van der Waals surface area contributed by atoms with E-state index in [-0.39, 0.29) is 12.1 Å². The van der Waals surface area contributed by atoms with Gasteiger partial charge in [-0.05, 0) is 36.2 Å². The molecular weight excluding hydrogens is 303 g/mol. The fraction of sp³-hybridized carbons (Fsp3) is 0.133. The maximum Gasteiger partial charge on any atom is 0.251 e. The Hall–Kier alpha value is -2.01. The SMILES string of the molecule is O=C(NCCc1ccc(Cl)cc1)c1cc(F)c(F)c(F)c1. The summed E-state index contributed by atoms with van der Waals surface area (Å²) in [6.45, 7) is 0.279. The van der Waals surface area contributed by atoms with Crippen molar-refractivity contribution in [1.29, 1.82) is 0 Å². The fourth-order valence-corrected chi connectivity index (χ4v) is 1.89. The van der Waals surface area contributed by atoms with Crippen LogP contribution in [0.3, 0.4) is 0 Å². The van der Waals surface area contributed by atoms with Gasteiger partial charge < -0.3 is 5.32 Å². The van der Waals surface area contributed by atoms with Crippen LogP contribution < -0.4 is 5.32 Å². The summed E-state index contributed by atoms with van der Waals surface area (Å²) >= 11 is 5.75. The zero-order valence-electron chi connectivity index (χ0n) is 10.8. The van der Waals surface area contributed by atoms with Crippen LogP contribution in [0.4, 0.5) is 13.2 Å². The van der Waals surface area contributed by atoms with Crippen LogP contribution >= 0.6 is 11.6 Å². The first-order chi connectivity index (χ1) is 9.97. The fourth-order valence-electron chi connectivity index (χ4n) is 1.76. The summed E-state index contributed by atoms with van der Waals surface area (Å²) in [6, 6.07) is 8.40. The molecule has 2 nitrogen and oxygen atoms in total. The summed E-state index contributed by atoms with van der Waals surface area (Å²) in [6.07, 6.45) is 0.537. The molecule has 0 heterocycles. The molecule has 2 rings (SSSR count). The van der Waals surface area contributed by atoms with Gasteiger partial charge in [0.25, 0.3) is 5.91 Å². The molecule has 0 atom stereocenters. The molecular formula is C15H11ClF3NO. The summed E-state index contributed by atoms with van der Waals surface area (Å²) in [4.78, 5) is 11.7. The van der Waals surface area contributed by atoms with E-state index >= 15 is 0 Å². The van der Waals surface area contributed by atoms with Crippen molar-refractivity contribution in [3.63, 3.8) is 0 Å². The molecule has 0 radical (unpaired) electrons. The number of hydrogen-bond donors (Lipinski definition) is 1. The van der Waals surface area contributed by atoms with Crippen LogP contribution in [0.5, 0.6) is 0 Å². The first kappa shape index (κ1) is 15.4. The molecule has 0 bridgehead atoms. The molecule has 6 heteroatoms. The molecule has 0 fully saturated rings. The zero-order valence-corrected chi connectivity index (χ0v) is 11.6. The number of halogens is 4. The lowest BCUT2D eigenvalue weighted by molar-refractivity contribution is 0.0953. The molecule has 0 unspecified atom stereocenters. The normalized spacial score (nSPS) is 10.5. The highest BCUT2D eigenvalue weighted by molar-refractivity contribution is 6.30. The maximum absolute atomic E-state index is 13.0. The van der Waals surface area contributed by atoms with Crippen molar-refractivity contribution in [3.05, 3.63) is 70.0 Å². The quantitative estimate of drug-likeness (QED) is 0.856. The average molecular weight is 314 g/mol. The van der Waals surface area contributed by atoms with E-state index in [4.69, 9.17) is 11.6 Å². The van der Waals surface area contributed by atoms with Crippen LogP contribution in [-0.2, 0) is 6.42 Å². The van der Waals surface area contributed by atoms with E-state index in [1.165, 1.54) is 0 Å². The Morgan fingerprint density at radius 1 is 1.05 bits per heavy atom. The van der Waals surface area contributed by atoms with Crippen LogP contribution in [0, 0.1) is 17.5 Å². The molecule has 0 aliphatic carbocycles. The largest absolute Gasteiger partial charge is 0.352 e. The monoisotopic (exact) mass is 313 g/mol. The van der Waals surface area contributed by atoms with Crippen LogP contribution in [0.2, 0.25) is 5.02 Å². The Morgan fingerprint density at radius 3 is 2.19 bits per heavy atom. The second-order valence-electron chi connectivity index (χ2n) is 4.39. The van der Waals surface area contributed by atoms with E-state index in [2.05, 4.69) is 5.32 Å². The Balaban J connectivity index is 1.94. The highest BCUT2D eigenvalue weighted by Crippen LogP contribution is 2.13. The van der Waals surface area contributed by atoms with Crippen LogP contribution in [0.15, 0.2) is 36.4 Å². The minimum atomic E-state index is -1.59. The van der Waals surface area contributed by atoms with Crippen LogP contribution in [-0.4, -0.2) is 12.5 Å². The number of nitrogens with one attached hydrogen (secondary N) is 1. The van der Waals surface area contributed by atoms with Gasteiger partial charge in [0, 0.05) is 17.1 Å². The summed E-state index contributed by atoms with van der Waals surface area (Å²) in [5.41, 5.74) is 0.693. The zero-order chi connectivity index (χ0) is 15.4. The Morgan fingerprint density at radius 2 is 1.62 bits per heavy atom. The third-order valence-electron chi connectivity index (χ3n) is 2.86. The van der Waals surface area contributed by atoms with Crippen LogP contribution in [0.25, 0.3) is 0 Å². The van der Waals surface area contributed by atoms with Crippen molar-refractivity contribution in [2.24, 2.45) is 0 Å². The molecule has 1 amide bonds. The first-order valence-electron chi connectivity index (χ1n) is 6.14. The Bertz CT molecular complexity index is 635. The van der Waals surface area contributed by atoms with Gasteiger partial charge >= 0.3 is 0 Å². The summed E-state index contributed by atoms with van der Waals surface area (Å²) in [5, 5.41) is 3.12. The minimum absolute atomic E-state index is 0.262. The number of hydrogen-bond acceptors (Lipinski definition) is 1. The van der Waals surface area contributed by atoms with Crippen molar-refractivity contribution >= 4 is 17.5 Å². The number of benzene rings is 2. The van der Waals surface area contributed by atoms with Gasteiger partial charge in [0.2, 0.25) is 0 Å². The molecule has 0 saturated heterocycles. The minimum Gasteiger partial charge on any atom is -0.352 e. The van der Waals surface area contributed by atoms with Crippen molar-refractivity contribution < 1.29 is 18.0 Å². The smallest absolute Gasteiger partial charge is 0.251 e. The number of carbonyl (C=O) groups excluding carboxylic acids is 1. The maximum atomic E-state index is 13.0. The highest BCUT2D eigenvalue weighted by atomic mass is 35.5. The predicted octanol–water partition coefficient (Wildman–Crippen LogP) is 3.73. The van der Waals surface area contributed by atoms with Gasteiger partial charge in [0.1, 0.15) is 0 Å². The van der Waals surface area contributed by atoms with E-state index in [0.717, 1.165) is 5.56 Å². The summed E-state index contributed by atoms with van der Waals surface area (Å²) in [5.74, 6) is -5.04. The lowest BCUT2D eigenvalue weighted by atomic mass is 10.1. The number of rotatable bonds is 4. The van der Waals surface area contributed by atoms with Crippen molar-refractivity contribution in [2.45, 2.75) is 6.42 Å². The van der Waals surface area contributed by atoms with Crippen LogP contribution in [0.1, 0.15) is 15.9 Å². The second-order valence-corrected chi connectivity index (χ2v) is 4.82. The lowest BCUT2D eigenvalue weighted by Crippen LogP contribution is -2.26. The molecule has 0 aliphatic heterocycles. The van der Waals surface area contributed by atoms with E-state index in [1.54, 1.807) is 12.1 Å². The van der Waals surface area contributed by atoms with Gasteiger partial charge in [-0.3, -0.25) is 4.79 Å². The van der Waals surface area contributed by atoms with Gasteiger partial charge in [-0.15, -0.1) is 0 Å². The first-order valence-corrected chi connectivity index (χ1v) is 6.52. The molecule has 110 valence electrons. The van der Waals surface area contributed by atoms with E-state index in [1.807, 2.05) is 12.1 Å². The highest BCUT2D eigenvalue weighted by Gasteiger charge is 2.14. The van der Waals surface area contributed by atoms with Gasteiger partial charge in [0.05, 0.1) is 0 Å². The van der Waals surface area contributed by atoms with Crippen molar-refractivity contribution in [1.82, 2.24) is 5.32 Å². The third kappa shape index (κ3) is 3.98. The van der Waals surface area contributed by atoms with E-state index in [9.17, 15) is 18.0 Å². The molecule has 0 aromatic heterocycles. The van der Waals surface area contributed by atoms with Gasteiger partial charge in [-0.1, -0.05) is 23.7 Å².